The van der Waals surface area contributed by atoms with Gasteiger partial charge in [0, 0.05) is 29.0 Å². The van der Waals surface area contributed by atoms with E-state index < -0.39 is 0 Å². The summed E-state index contributed by atoms with van der Waals surface area (Å²) in [5.41, 5.74) is 1.20. The van der Waals surface area contributed by atoms with Crippen LogP contribution in [0.5, 0.6) is 5.88 Å². The van der Waals surface area contributed by atoms with Crippen molar-refractivity contribution >= 4 is 11.3 Å². The molecule has 2 aromatic heterocycles. The summed E-state index contributed by atoms with van der Waals surface area (Å²) in [5.74, 6) is 1.52. The third-order valence-electron chi connectivity index (χ3n) is 5.46. The Labute approximate surface area is 128 Å². The van der Waals surface area contributed by atoms with Crippen LogP contribution in [-0.2, 0) is 6.42 Å². The molecule has 4 aliphatic heterocycles. The molecule has 3 fully saturated rings. The molecule has 2 unspecified atom stereocenters. The van der Waals surface area contributed by atoms with Crippen LogP contribution in [0.15, 0.2) is 35.8 Å². The fourth-order valence-electron chi connectivity index (χ4n) is 4.59. The van der Waals surface area contributed by atoms with Gasteiger partial charge in [0.15, 0.2) is 0 Å². The Bertz CT molecular complexity index is 636. The number of aromatic nitrogens is 1. The largest absolute Gasteiger partial charge is 0.468 e. The van der Waals surface area contributed by atoms with E-state index in [1.807, 2.05) is 23.6 Å². The Morgan fingerprint density at radius 3 is 2.90 bits per heavy atom. The maximum atomic E-state index is 6.56. The second-order valence-corrected chi connectivity index (χ2v) is 7.41. The highest BCUT2D eigenvalue weighted by molar-refractivity contribution is 7.10. The van der Waals surface area contributed by atoms with Crippen LogP contribution in [0, 0.1) is 5.92 Å². The van der Waals surface area contributed by atoms with Crippen LogP contribution >= 0.6 is 11.3 Å². The maximum absolute atomic E-state index is 6.56. The molecule has 2 aromatic rings. The summed E-state index contributed by atoms with van der Waals surface area (Å²) >= 11 is 1.87. The Hall–Kier alpha value is -1.39. The van der Waals surface area contributed by atoms with E-state index in [-0.39, 0.29) is 5.60 Å². The van der Waals surface area contributed by atoms with Crippen molar-refractivity contribution in [3.05, 3.63) is 46.3 Å². The first-order chi connectivity index (χ1) is 10.4. The van der Waals surface area contributed by atoms with Crippen molar-refractivity contribution in [2.24, 2.45) is 5.92 Å². The SMILES string of the molecule is c1csc(C2N3CCC(CC3)C23Cc2cccnc2O3)c1. The molecule has 0 radical (unpaired) electrons. The summed E-state index contributed by atoms with van der Waals surface area (Å²) in [7, 11) is 0. The van der Waals surface area contributed by atoms with Gasteiger partial charge < -0.3 is 4.74 Å². The van der Waals surface area contributed by atoms with E-state index >= 15 is 0 Å². The maximum Gasteiger partial charge on any atom is 0.217 e. The van der Waals surface area contributed by atoms with Crippen molar-refractivity contribution in [3.8, 4) is 5.88 Å². The van der Waals surface area contributed by atoms with Crippen molar-refractivity contribution in [1.29, 1.82) is 0 Å². The van der Waals surface area contributed by atoms with Gasteiger partial charge in [-0.25, -0.2) is 4.98 Å². The Morgan fingerprint density at radius 1 is 1.24 bits per heavy atom. The lowest BCUT2D eigenvalue weighted by atomic mass is 9.68. The quantitative estimate of drug-likeness (QED) is 0.808. The van der Waals surface area contributed by atoms with Crippen molar-refractivity contribution in [2.75, 3.05) is 13.1 Å². The number of rotatable bonds is 1. The molecule has 3 nitrogen and oxygen atoms in total. The van der Waals surface area contributed by atoms with Crippen LogP contribution in [0.2, 0.25) is 0 Å². The smallest absolute Gasteiger partial charge is 0.217 e. The van der Waals surface area contributed by atoms with E-state index in [4.69, 9.17) is 4.74 Å². The van der Waals surface area contributed by atoms with E-state index in [2.05, 4.69) is 33.5 Å². The number of pyridine rings is 1. The molecule has 2 bridgehead atoms. The first-order valence-corrected chi connectivity index (χ1v) is 8.65. The second kappa shape index (κ2) is 4.31. The summed E-state index contributed by atoms with van der Waals surface area (Å²) in [6.07, 6.45) is 5.38. The molecular formula is C17H18N2OS. The molecule has 1 spiro atoms. The molecule has 108 valence electrons. The molecule has 2 atom stereocenters. The van der Waals surface area contributed by atoms with Crippen LogP contribution < -0.4 is 4.74 Å². The predicted octanol–water partition coefficient (Wildman–Crippen LogP) is 3.28. The lowest BCUT2D eigenvalue weighted by Crippen LogP contribution is -2.63. The number of hydrogen-bond donors (Lipinski definition) is 0. The van der Waals surface area contributed by atoms with E-state index in [1.54, 1.807) is 0 Å². The monoisotopic (exact) mass is 298 g/mol. The van der Waals surface area contributed by atoms with Gasteiger partial charge in [0.05, 0.1) is 6.04 Å². The van der Waals surface area contributed by atoms with Gasteiger partial charge in [-0.1, -0.05) is 12.1 Å². The molecule has 0 aromatic carbocycles. The zero-order valence-corrected chi connectivity index (χ0v) is 12.7. The minimum Gasteiger partial charge on any atom is -0.468 e. The predicted molar refractivity (Wildman–Crippen MR) is 82.7 cm³/mol. The van der Waals surface area contributed by atoms with E-state index in [9.17, 15) is 0 Å². The second-order valence-electron chi connectivity index (χ2n) is 6.43. The Balaban J connectivity index is 1.64. The molecule has 0 aliphatic carbocycles. The lowest BCUT2D eigenvalue weighted by Gasteiger charge is -2.56. The molecule has 0 N–H and O–H groups in total. The first-order valence-electron chi connectivity index (χ1n) is 7.77. The average molecular weight is 298 g/mol. The number of hydrogen-bond acceptors (Lipinski definition) is 4. The van der Waals surface area contributed by atoms with Crippen LogP contribution in [0.1, 0.15) is 29.3 Å². The standard InChI is InChI=1S/C17H18N2OS/c1-3-12-11-17(20-16(12)18-7-1)13-5-8-19(9-6-13)15(17)14-4-2-10-21-14/h1-4,7,10,13,15H,5-6,8-9,11H2. The van der Waals surface area contributed by atoms with Gasteiger partial charge in [-0.3, -0.25) is 4.90 Å². The van der Waals surface area contributed by atoms with E-state index in [1.165, 1.54) is 36.4 Å². The molecule has 3 saturated heterocycles. The molecule has 6 rings (SSSR count). The molecule has 0 saturated carbocycles. The molecule has 0 amide bonds. The Kier molecular flexibility index (Phi) is 2.50. The normalized spacial score (nSPS) is 36.7. The third-order valence-corrected chi connectivity index (χ3v) is 6.39. The molecular weight excluding hydrogens is 280 g/mol. The van der Waals surface area contributed by atoms with Crippen LogP contribution in [0.25, 0.3) is 0 Å². The highest BCUT2D eigenvalue weighted by Crippen LogP contribution is 2.55. The van der Waals surface area contributed by atoms with Crippen molar-refractivity contribution in [1.82, 2.24) is 9.88 Å². The summed E-state index contributed by atoms with van der Waals surface area (Å²) < 4.78 is 6.56. The minimum absolute atomic E-state index is 0.0853. The van der Waals surface area contributed by atoms with Gasteiger partial charge in [-0.15, -0.1) is 11.3 Å². The number of piperidine rings is 3. The molecule has 6 heterocycles. The third kappa shape index (κ3) is 1.60. The topological polar surface area (TPSA) is 25.4 Å². The van der Waals surface area contributed by atoms with Crippen LogP contribution in [-0.4, -0.2) is 28.6 Å². The van der Waals surface area contributed by atoms with Crippen molar-refractivity contribution in [2.45, 2.75) is 30.9 Å². The molecule has 21 heavy (non-hydrogen) atoms. The van der Waals surface area contributed by atoms with Crippen molar-refractivity contribution in [3.63, 3.8) is 0 Å². The zero-order valence-electron chi connectivity index (χ0n) is 11.9. The van der Waals surface area contributed by atoms with Gasteiger partial charge in [0.1, 0.15) is 5.60 Å². The highest BCUT2D eigenvalue weighted by atomic mass is 32.1. The number of thiophene rings is 1. The summed E-state index contributed by atoms with van der Waals surface area (Å²) in [4.78, 5) is 8.56. The average Bonchev–Trinajstić information content (AvgIpc) is 3.16. The van der Waals surface area contributed by atoms with E-state index in [0.717, 1.165) is 12.3 Å². The summed E-state index contributed by atoms with van der Waals surface area (Å²) in [5, 5.41) is 2.19. The number of fused-ring (bicyclic) bond motifs is 3. The molecule has 4 heteroatoms. The van der Waals surface area contributed by atoms with E-state index in [0.29, 0.717) is 12.0 Å². The van der Waals surface area contributed by atoms with Gasteiger partial charge >= 0.3 is 0 Å². The number of ether oxygens (including phenoxy) is 1. The molecule has 4 aliphatic rings. The van der Waals surface area contributed by atoms with Crippen LogP contribution in [0.4, 0.5) is 0 Å². The summed E-state index contributed by atoms with van der Waals surface area (Å²) in [6.45, 7) is 2.42. The Morgan fingerprint density at radius 2 is 2.14 bits per heavy atom. The van der Waals surface area contributed by atoms with Crippen molar-refractivity contribution < 1.29 is 4.74 Å². The van der Waals surface area contributed by atoms with Crippen LogP contribution in [0.3, 0.4) is 0 Å². The highest BCUT2D eigenvalue weighted by Gasteiger charge is 2.59. The lowest BCUT2D eigenvalue weighted by molar-refractivity contribution is -0.129. The minimum atomic E-state index is -0.0853. The van der Waals surface area contributed by atoms with Gasteiger partial charge in [0.2, 0.25) is 5.88 Å². The fourth-order valence-corrected chi connectivity index (χ4v) is 5.54. The summed E-state index contributed by atoms with van der Waals surface area (Å²) in [6, 6.07) is 9.05. The van der Waals surface area contributed by atoms with Gasteiger partial charge in [-0.2, -0.15) is 0 Å². The van der Waals surface area contributed by atoms with Gasteiger partial charge in [0.25, 0.3) is 0 Å². The zero-order chi connectivity index (χ0) is 13.9. The fraction of sp³-hybridized carbons (Fsp3) is 0.471. The first kappa shape index (κ1) is 12.2. The number of nitrogens with zero attached hydrogens (tertiary/aromatic N) is 2. The van der Waals surface area contributed by atoms with Gasteiger partial charge in [-0.05, 0) is 43.4 Å².